The van der Waals surface area contributed by atoms with Crippen molar-refractivity contribution in [3.05, 3.63) is 0 Å². The molecular weight excluding hydrogens is 362 g/mol. The summed E-state index contributed by atoms with van der Waals surface area (Å²) in [5.41, 5.74) is 0. The van der Waals surface area contributed by atoms with Crippen LogP contribution in [0.4, 0.5) is 4.79 Å². The summed E-state index contributed by atoms with van der Waals surface area (Å²) in [7, 11) is 3.26. The van der Waals surface area contributed by atoms with Crippen LogP contribution in [0.3, 0.4) is 0 Å². The number of hydrogen-bond acceptors (Lipinski definition) is 4. The molecule has 0 aromatic carbocycles. The average Bonchev–Trinajstić information content (AvgIpc) is 2.69. The first-order chi connectivity index (χ1) is 13.4. The molecule has 2 rings (SSSR count). The number of likely N-dealkylation sites (tertiary alicyclic amines) is 2. The van der Waals surface area contributed by atoms with Crippen molar-refractivity contribution in [2.24, 2.45) is 5.92 Å². The van der Waals surface area contributed by atoms with Gasteiger partial charge in [0.2, 0.25) is 17.7 Å². The van der Waals surface area contributed by atoms with Crippen LogP contribution in [-0.4, -0.2) is 91.8 Å². The summed E-state index contributed by atoms with van der Waals surface area (Å²) in [5.74, 6) is 0.394. The van der Waals surface area contributed by atoms with Gasteiger partial charge in [-0.2, -0.15) is 0 Å². The number of hydrogen-bond donors (Lipinski definition) is 2. The molecule has 0 aromatic heterocycles. The van der Waals surface area contributed by atoms with Crippen molar-refractivity contribution >= 4 is 23.8 Å². The fourth-order valence-electron chi connectivity index (χ4n) is 3.49. The van der Waals surface area contributed by atoms with Crippen LogP contribution in [0, 0.1) is 5.92 Å². The molecule has 0 saturated carbocycles. The van der Waals surface area contributed by atoms with Crippen LogP contribution in [0.5, 0.6) is 0 Å². The maximum atomic E-state index is 12.2. The second-order valence-corrected chi connectivity index (χ2v) is 7.77. The summed E-state index contributed by atoms with van der Waals surface area (Å²) in [4.78, 5) is 52.4. The molecule has 0 bridgehead atoms. The molecule has 0 unspecified atom stereocenters. The lowest BCUT2D eigenvalue weighted by molar-refractivity contribution is -0.134. The topological polar surface area (TPSA) is 102 Å². The molecule has 158 valence electrons. The van der Waals surface area contributed by atoms with E-state index in [0.29, 0.717) is 44.9 Å². The minimum Gasteiger partial charge on any atom is -0.356 e. The normalized spacial score (nSPS) is 18.0. The van der Waals surface area contributed by atoms with Gasteiger partial charge in [-0.15, -0.1) is 0 Å². The van der Waals surface area contributed by atoms with E-state index in [9.17, 15) is 19.2 Å². The van der Waals surface area contributed by atoms with Crippen LogP contribution in [0.2, 0.25) is 0 Å². The van der Waals surface area contributed by atoms with E-state index in [2.05, 4.69) is 10.6 Å². The van der Waals surface area contributed by atoms with Crippen molar-refractivity contribution in [3.63, 3.8) is 0 Å². The van der Waals surface area contributed by atoms with Crippen LogP contribution in [0.1, 0.15) is 38.5 Å². The number of nitrogens with zero attached hydrogens (tertiary/aromatic N) is 3. The maximum absolute atomic E-state index is 12.2. The van der Waals surface area contributed by atoms with Crippen molar-refractivity contribution in [1.82, 2.24) is 25.3 Å². The van der Waals surface area contributed by atoms with Gasteiger partial charge in [-0.3, -0.25) is 14.4 Å². The third-order valence-corrected chi connectivity index (χ3v) is 5.38. The molecule has 2 aliphatic heterocycles. The van der Waals surface area contributed by atoms with Gasteiger partial charge in [-0.1, -0.05) is 0 Å². The van der Waals surface area contributed by atoms with Gasteiger partial charge in [-0.25, -0.2) is 4.79 Å². The summed E-state index contributed by atoms with van der Waals surface area (Å²) in [5, 5.41) is 5.55. The zero-order valence-electron chi connectivity index (χ0n) is 17.0. The van der Waals surface area contributed by atoms with Gasteiger partial charge in [0.15, 0.2) is 0 Å². The zero-order valence-corrected chi connectivity index (χ0v) is 17.0. The summed E-state index contributed by atoms with van der Waals surface area (Å²) in [6, 6.07) is -0.280. The SMILES string of the molecule is CN(C)C(=O)NCC(=O)N1CCC(CNC(=O)CCN2CCCCC2=O)CC1. The van der Waals surface area contributed by atoms with Crippen molar-refractivity contribution < 1.29 is 19.2 Å². The van der Waals surface area contributed by atoms with Gasteiger partial charge >= 0.3 is 6.03 Å². The molecule has 5 amide bonds. The minimum atomic E-state index is -0.280. The van der Waals surface area contributed by atoms with E-state index in [4.69, 9.17) is 0 Å². The second kappa shape index (κ2) is 10.9. The summed E-state index contributed by atoms with van der Waals surface area (Å²) < 4.78 is 0. The lowest BCUT2D eigenvalue weighted by atomic mass is 9.96. The second-order valence-electron chi connectivity index (χ2n) is 7.77. The molecule has 2 fully saturated rings. The molecular formula is C19H33N5O4. The Morgan fingerprint density at radius 2 is 1.79 bits per heavy atom. The van der Waals surface area contributed by atoms with Crippen LogP contribution in [-0.2, 0) is 14.4 Å². The first kappa shape index (κ1) is 22.0. The molecule has 9 heteroatoms. The Kier molecular flexibility index (Phi) is 8.53. The molecule has 2 heterocycles. The Morgan fingerprint density at radius 3 is 2.43 bits per heavy atom. The predicted molar refractivity (Wildman–Crippen MR) is 104 cm³/mol. The molecule has 0 aliphatic carbocycles. The lowest BCUT2D eigenvalue weighted by Crippen LogP contribution is -2.47. The Labute approximate surface area is 166 Å². The zero-order chi connectivity index (χ0) is 20.5. The van der Waals surface area contributed by atoms with Gasteiger partial charge in [0, 0.05) is 59.7 Å². The van der Waals surface area contributed by atoms with Crippen molar-refractivity contribution in [2.75, 3.05) is 53.4 Å². The highest BCUT2D eigenvalue weighted by molar-refractivity contribution is 5.84. The fourth-order valence-corrected chi connectivity index (χ4v) is 3.49. The fraction of sp³-hybridized carbons (Fsp3) is 0.789. The van der Waals surface area contributed by atoms with E-state index in [1.165, 1.54) is 4.90 Å². The standard InChI is InChI=1S/C19H33N5O4/c1-22(2)19(28)21-14-18(27)24-10-6-15(7-11-24)13-20-16(25)8-12-23-9-4-3-5-17(23)26/h15H,3-14H2,1-2H3,(H,20,25)(H,21,28). The van der Waals surface area contributed by atoms with Crippen LogP contribution < -0.4 is 10.6 Å². The monoisotopic (exact) mass is 395 g/mol. The quantitative estimate of drug-likeness (QED) is 0.634. The van der Waals surface area contributed by atoms with Gasteiger partial charge < -0.3 is 25.3 Å². The van der Waals surface area contributed by atoms with E-state index >= 15 is 0 Å². The third-order valence-electron chi connectivity index (χ3n) is 5.38. The molecule has 2 saturated heterocycles. The molecule has 0 aromatic rings. The summed E-state index contributed by atoms with van der Waals surface area (Å²) in [6.45, 7) is 3.14. The number of nitrogens with one attached hydrogen (secondary N) is 2. The van der Waals surface area contributed by atoms with E-state index in [-0.39, 0.29) is 30.3 Å². The van der Waals surface area contributed by atoms with E-state index in [1.54, 1.807) is 23.9 Å². The average molecular weight is 396 g/mol. The first-order valence-electron chi connectivity index (χ1n) is 10.1. The third kappa shape index (κ3) is 7.01. The van der Waals surface area contributed by atoms with E-state index in [1.807, 2.05) is 0 Å². The number of urea groups is 1. The van der Waals surface area contributed by atoms with Gasteiger partial charge in [0.25, 0.3) is 0 Å². The van der Waals surface area contributed by atoms with Gasteiger partial charge in [0.1, 0.15) is 0 Å². The van der Waals surface area contributed by atoms with Gasteiger partial charge in [-0.05, 0) is 31.6 Å². The molecule has 9 nitrogen and oxygen atoms in total. The first-order valence-corrected chi connectivity index (χ1v) is 10.1. The Hall–Kier alpha value is -2.32. The Bertz CT molecular complexity index is 573. The van der Waals surface area contributed by atoms with Crippen molar-refractivity contribution in [1.29, 1.82) is 0 Å². The lowest BCUT2D eigenvalue weighted by Gasteiger charge is -2.32. The van der Waals surface area contributed by atoms with Crippen LogP contribution >= 0.6 is 0 Å². The predicted octanol–water partition coefficient (Wildman–Crippen LogP) is 0.0150. The maximum Gasteiger partial charge on any atom is 0.317 e. The van der Waals surface area contributed by atoms with Crippen molar-refractivity contribution in [3.8, 4) is 0 Å². The number of rotatable bonds is 7. The van der Waals surface area contributed by atoms with E-state index in [0.717, 1.165) is 32.2 Å². The van der Waals surface area contributed by atoms with E-state index < -0.39 is 0 Å². The summed E-state index contributed by atoms with van der Waals surface area (Å²) in [6.07, 6.45) is 4.57. The highest BCUT2D eigenvalue weighted by atomic mass is 16.2. The molecule has 2 N–H and O–H groups in total. The number of carbonyl (C=O) groups is 4. The molecule has 2 aliphatic rings. The minimum absolute atomic E-state index is 0.00758. The van der Waals surface area contributed by atoms with Crippen LogP contribution in [0.25, 0.3) is 0 Å². The van der Waals surface area contributed by atoms with Crippen LogP contribution in [0.15, 0.2) is 0 Å². The molecule has 0 radical (unpaired) electrons. The highest BCUT2D eigenvalue weighted by Gasteiger charge is 2.24. The molecule has 0 spiro atoms. The largest absolute Gasteiger partial charge is 0.356 e. The molecule has 0 atom stereocenters. The number of piperidine rings is 2. The molecule has 28 heavy (non-hydrogen) atoms. The number of carbonyl (C=O) groups excluding carboxylic acids is 4. The smallest absolute Gasteiger partial charge is 0.317 e. The Morgan fingerprint density at radius 1 is 1.07 bits per heavy atom. The van der Waals surface area contributed by atoms with Gasteiger partial charge in [0.05, 0.1) is 6.54 Å². The summed E-state index contributed by atoms with van der Waals surface area (Å²) >= 11 is 0. The van der Waals surface area contributed by atoms with Crippen molar-refractivity contribution in [2.45, 2.75) is 38.5 Å². The highest BCUT2D eigenvalue weighted by Crippen LogP contribution is 2.16. The number of amides is 5. The Balaban J connectivity index is 1.59.